The van der Waals surface area contributed by atoms with Gasteiger partial charge in [-0.05, 0) is 104 Å². The van der Waals surface area contributed by atoms with Gasteiger partial charge in [-0.15, -0.1) is 0 Å². The molecule has 0 heterocycles. The number of carbonyl (C=O) groups is 2. The zero-order valence-corrected chi connectivity index (χ0v) is 17.8. The molecule has 0 amide bonds. The highest BCUT2D eigenvalue weighted by molar-refractivity contribution is 14.1. The smallest absolute Gasteiger partial charge is 0.372 e. The summed E-state index contributed by atoms with van der Waals surface area (Å²) in [5, 5.41) is 18.2. The molecule has 2 aromatic rings. The third-order valence-corrected chi connectivity index (χ3v) is 5.27. The first-order valence-electron chi connectivity index (χ1n) is 6.18. The van der Waals surface area contributed by atoms with Gasteiger partial charge in [0.2, 0.25) is 5.78 Å². The van der Waals surface area contributed by atoms with E-state index in [9.17, 15) is 14.7 Å². The Balaban J connectivity index is 2.28. The predicted molar refractivity (Wildman–Crippen MR) is 109 cm³/mol. The summed E-state index contributed by atoms with van der Waals surface area (Å²) in [6.45, 7) is 0. The number of phenols is 1. The molecule has 0 atom stereocenters. The molecule has 2 N–H and O–H groups in total. The number of hydrogen-bond acceptors (Lipinski definition) is 4. The Hall–Kier alpha value is -0.630. The number of carboxylic acid groups (broad SMARTS) is 1. The fourth-order valence-electron chi connectivity index (χ4n) is 1.74. The molecular weight excluding hydrogens is 641 g/mol. The van der Waals surface area contributed by atoms with Crippen LogP contribution >= 0.6 is 67.8 Å². The SMILES string of the molecule is O=C(O)C(=O)Cc1cc(I)c(Oc2ccc(O)c(I)c2)c(I)c1. The van der Waals surface area contributed by atoms with Crippen molar-refractivity contribution in [1.29, 1.82) is 0 Å². The number of aromatic hydroxyl groups is 1. The van der Waals surface area contributed by atoms with Gasteiger partial charge in [-0.25, -0.2) is 4.79 Å². The van der Waals surface area contributed by atoms with Crippen LogP contribution in [0.2, 0.25) is 0 Å². The first-order valence-corrected chi connectivity index (χ1v) is 9.42. The van der Waals surface area contributed by atoms with Crippen molar-refractivity contribution < 1.29 is 24.5 Å². The van der Waals surface area contributed by atoms with Gasteiger partial charge in [-0.3, -0.25) is 4.79 Å². The molecule has 2 aromatic carbocycles. The van der Waals surface area contributed by atoms with Crippen LogP contribution < -0.4 is 4.74 Å². The number of carboxylic acids is 1. The van der Waals surface area contributed by atoms with E-state index in [4.69, 9.17) is 9.84 Å². The minimum atomic E-state index is -1.44. The van der Waals surface area contributed by atoms with Crippen molar-refractivity contribution in [3.8, 4) is 17.2 Å². The Morgan fingerprint density at radius 3 is 2.13 bits per heavy atom. The van der Waals surface area contributed by atoms with Crippen molar-refractivity contribution in [2.75, 3.05) is 0 Å². The number of benzene rings is 2. The second kappa shape index (κ2) is 7.96. The predicted octanol–water partition coefficient (Wildman–Crippen LogP) is 4.19. The van der Waals surface area contributed by atoms with Crippen LogP contribution in [0.4, 0.5) is 0 Å². The molecule has 0 aliphatic rings. The average Bonchev–Trinajstić information content (AvgIpc) is 2.46. The molecule has 0 aliphatic carbocycles. The lowest BCUT2D eigenvalue weighted by Gasteiger charge is -2.12. The van der Waals surface area contributed by atoms with Crippen LogP contribution in [0.15, 0.2) is 30.3 Å². The topological polar surface area (TPSA) is 83.8 Å². The van der Waals surface area contributed by atoms with E-state index in [0.717, 1.165) is 7.14 Å². The molecular formula is C15H9I3O5. The summed E-state index contributed by atoms with van der Waals surface area (Å²) >= 11 is 6.16. The maximum absolute atomic E-state index is 11.3. The molecule has 0 radical (unpaired) electrons. The van der Waals surface area contributed by atoms with E-state index in [1.54, 1.807) is 30.3 Å². The lowest BCUT2D eigenvalue weighted by molar-refractivity contribution is -0.148. The Labute approximate surface area is 172 Å². The number of halogens is 3. The number of hydrogen-bond donors (Lipinski definition) is 2. The highest BCUT2D eigenvalue weighted by atomic mass is 127. The van der Waals surface area contributed by atoms with Gasteiger partial charge in [0.15, 0.2) is 5.75 Å². The van der Waals surface area contributed by atoms with Gasteiger partial charge in [0.05, 0.1) is 10.7 Å². The van der Waals surface area contributed by atoms with Crippen LogP contribution in [0, 0.1) is 10.7 Å². The van der Waals surface area contributed by atoms with Crippen molar-refractivity contribution in [2.24, 2.45) is 0 Å². The standard InChI is InChI=1S/C15H9I3O5/c16-9-6-8(1-2-12(9)19)23-14-10(17)3-7(4-11(14)18)5-13(20)15(21)22/h1-4,6,19H,5H2,(H,21,22). The average molecular weight is 650 g/mol. The van der Waals surface area contributed by atoms with E-state index >= 15 is 0 Å². The summed E-state index contributed by atoms with van der Waals surface area (Å²) in [6.07, 6.45) is -0.154. The van der Waals surface area contributed by atoms with Gasteiger partial charge in [-0.2, -0.15) is 0 Å². The Morgan fingerprint density at radius 1 is 1.00 bits per heavy atom. The molecule has 5 nitrogen and oxygen atoms in total. The molecule has 23 heavy (non-hydrogen) atoms. The van der Waals surface area contributed by atoms with E-state index in [-0.39, 0.29) is 12.2 Å². The van der Waals surface area contributed by atoms with E-state index in [0.29, 0.717) is 20.6 Å². The van der Waals surface area contributed by atoms with Gasteiger partial charge in [0.25, 0.3) is 0 Å². The number of phenolic OH excluding ortho intramolecular Hbond substituents is 1. The van der Waals surface area contributed by atoms with Gasteiger partial charge >= 0.3 is 5.97 Å². The van der Waals surface area contributed by atoms with E-state index < -0.39 is 11.8 Å². The summed E-state index contributed by atoms with van der Waals surface area (Å²) < 4.78 is 8.06. The monoisotopic (exact) mass is 650 g/mol. The third kappa shape index (κ3) is 4.92. The van der Waals surface area contributed by atoms with Crippen LogP contribution in [-0.2, 0) is 16.0 Å². The fraction of sp³-hybridized carbons (Fsp3) is 0.0667. The second-order valence-corrected chi connectivity index (χ2v) is 8.00. The molecule has 0 aromatic heterocycles. The van der Waals surface area contributed by atoms with E-state index in [1.807, 2.05) is 22.6 Å². The van der Waals surface area contributed by atoms with Crippen molar-refractivity contribution in [2.45, 2.75) is 6.42 Å². The van der Waals surface area contributed by atoms with Crippen LogP contribution in [0.3, 0.4) is 0 Å². The molecule has 0 bridgehead atoms. The number of ketones is 1. The normalized spacial score (nSPS) is 10.4. The number of carbonyl (C=O) groups excluding carboxylic acids is 1. The van der Waals surface area contributed by atoms with Gasteiger partial charge in [0, 0.05) is 6.42 Å². The molecule has 0 unspecified atom stereocenters. The highest BCUT2D eigenvalue weighted by Gasteiger charge is 2.16. The van der Waals surface area contributed by atoms with Gasteiger partial charge in [0.1, 0.15) is 11.5 Å². The zero-order valence-electron chi connectivity index (χ0n) is 11.3. The molecule has 0 saturated heterocycles. The maximum Gasteiger partial charge on any atom is 0.372 e. The van der Waals surface area contributed by atoms with Crippen molar-refractivity contribution >= 4 is 79.5 Å². The molecule has 0 fully saturated rings. The number of aliphatic carboxylic acids is 1. The maximum atomic E-state index is 11.3. The fourth-order valence-corrected chi connectivity index (χ4v) is 4.35. The quantitative estimate of drug-likeness (QED) is 0.375. The summed E-state index contributed by atoms with van der Waals surface area (Å²) in [4.78, 5) is 22.0. The van der Waals surface area contributed by atoms with Crippen molar-refractivity contribution in [3.63, 3.8) is 0 Å². The molecule has 8 heteroatoms. The molecule has 0 saturated carbocycles. The zero-order chi connectivity index (χ0) is 17.1. The van der Waals surface area contributed by atoms with Crippen molar-refractivity contribution in [1.82, 2.24) is 0 Å². The lowest BCUT2D eigenvalue weighted by Crippen LogP contribution is -2.15. The van der Waals surface area contributed by atoms with Crippen LogP contribution in [0.5, 0.6) is 17.2 Å². The third-order valence-electron chi connectivity index (χ3n) is 2.80. The largest absolute Gasteiger partial charge is 0.507 e. The second-order valence-electron chi connectivity index (χ2n) is 4.51. The summed E-state index contributed by atoms with van der Waals surface area (Å²) in [5.41, 5.74) is 0.624. The van der Waals surface area contributed by atoms with Gasteiger partial charge in [-0.1, -0.05) is 0 Å². The van der Waals surface area contributed by atoms with Crippen LogP contribution in [0.1, 0.15) is 5.56 Å². The van der Waals surface area contributed by atoms with E-state index in [2.05, 4.69) is 45.2 Å². The molecule has 0 aliphatic heterocycles. The lowest BCUT2D eigenvalue weighted by atomic mass is 10.1. The first-order chi connectivity index (χ1) is 10.8. The summed E-state index contributed by atoms with van der Waals surface area (Å²) in [5.74, 6) is -0.895. The van der Waals surface area contributed by atoms with Crippen molar-refractivity contribution in [3.05, 3.63) is 46.6 Å². The minimum absolute atomic E-state index is 0.154. The summed E-state index contributed by atoms with van der Waals surface area (Å²) in [6, 6.07) is 8.38. The summed E-state index contributed by atoms with van der Waals surface area (Å²) in [7, 11) is 0. The Kier molecular flexibility index (Phi) is 6.48. The molecule has 0 spiro atoms. The number of ether oxygens (including phenoxy) is 1. The van der Waals surface area contributed by atoms with Crippen LogP contribution in [-0.4, -0.2) is 22.0 Å². The van der Waals surface area contributed by atoms with E-state index in [1.165, 1.54) is 0 Å². The molecule has 2 rings (SSSR count). The van der Waals surface area contributed by atoms with Crippen LogP contribution in [0.25, 0.3) is 0 Å². The molecule has 120 valence electrons. The van der Waals surface area contributed by atoms with Gasteiger partial charge < -0.3 is 14.9 Å². The highest BCUT2D eigenvalue weighted by Crippen LogP contribution is 2.34. The number of Topliss-reactive ketones (excluding diaryl/α,β-unsaturated/α-hetero) is 1. The first kappa shape index (κ1) is 18.7. The minimum Gasteiger partial charge on any atom is -0.507 e. The Bertz CT molecular complexity index is 766. The number of rotatable bonds is 5. The Morgan fingerprint density at radius 2 is 1.61 bits per heavy atom.